The quantitative estimate of drug-likeness (QED) is 0.850. The van der Waals surface area contributed by atoms with Crippen molar-refractivity contribution in [2.45, 2.75) is 6.92 Å². The number of carboxylic acids is 1. The Balaban J connectivity index is 2.69. The molecule has 1 aromatic carbocycles. The minimum absolute atomic E-state index is 0.0837. The zero-order chi connectivity index (χ0) is 17.0. The summed E-state index contributed by atoms with van der Waals surface area (Å²) in [7, 11) is 3.27. The molecule has 0 bridgehead atoms. The van der Waals surface area contributed by atoms with Crippen LogP contribution < -0.4 is 9.64 Å². The number of pyridine rings is 1. The van der Waals surface area contributed by atoms with E-state index in [2.05, 4.69) is 4.98 Å². The summed E-state index contributed by atoms with van der Waals surface area (Å²) in [5, 5.41) is 18.8. The maximum atomic E-state index is 11.8. The molecule has 0 aliphatic heterocycles. The summed E-state index contributed by atoms with van der Waals surface area (Å²) >= 11 is 0. The van der Waals surface area contributed by atoms with Crippen LogP contribution in [0.5, 0.6) is 5.75 Å². The molecule has 0 saturated heterocycles. The number of aromatic carboxylic acids is 1. The molecule has 0 amide bonds. The number of rotatable bonds is 6. The molecule has 0 radical (unpaired) electrons. The standard InChI is InChI=1S/C17H20N2O4/c1-11-9-14(12-5-4-6-13(10-12)23-3)15(17(21)22)16(18-11)19(2)7-8-20/h4-6,9-10,20H,7-8H2,1-3H3,(H,21,22). The number of anilines is 1. The number of nitrogens with zero attached hydrogens (tertiary/aromatic N) is 2. The molecule has 2 rings (SSSR count). The Labute approximate surface area is 135 Å². The van der Waals surface area contributed by atoms with Crippen LogP contribution in [0.2, 0.25) is 0 Å². The molecule has 1 heterocycles. The third-order valence-corrected chi connectivity index (χ3v) is 3.52. The number of hydrogen-bond donors (Lipinski definition) is 2. The van der Waals surface area contributed by atoms with E-state index in [1.54, 1.807) is 37.3 Å². The fourth-order valence-electron chi connectivity index (χ4n) is 2.42. The third-order valence-electron chi connectivity index (χ3n) is 3.52. The van der Waals surface area contributed by atoms with E-state index in [1.165, 1.54) is 0 Å². The lowest BCUT2D eigenvalue weighted by atomic mass is 9.99. The summed E-state index contributed by atoms with van der Waals surface area (Å²) in [6.07, 6.45) is 0. The van der Waals surface area contributed by atoms with Gasteiger partial charge < -0.3 is 19.8 Å². The van der Waals surface area contributed by atoms with Gasteiger partial charge in [0, 0.05) is 24.8 Å². The van der Waals surface area contributed by atoms with Crippen molar-refractivity contribution in [3.63, 3.8) is 0 Å². The van der Waals surface area contributed by atoms with Crippen molar-refractivity contribution in [2.24, 2.45) is 0 Å². The van der Waals surface area contributed by atoms with Gasteiger partial charge in [-0.2, -0.15) is 0 Å². The topological polar surface area (TPSA) is 82.9 Å². The maximum absolute atomic E-state index is 11.8. The maximum Gasteiger partial charge on any atom is 0.340 e. The number of benzene rings is 1. The molecule has 122 valence electrons. The van der Waals surface area contributed by atoms with Gasteiger partial charge in [-0.3, -0.25) is 0 Å². The normalized spacial score (nSPS) is 10.4. The van der Waals surface area contributed by atoms with Crippen LogP contribution in [-0.4, -0.2) is 48.5 Å². The van der Waals surface area contributed by atoms with E-state index in [1.807, 2.05) is 19.1 Å². The average molecular weight is 316 g/mol. The Kier molecular flexibility index (Phi) is 5.18. The first-order chi connectivity index (χ1) is 11.0. The monoisotopic (exact) mass is 316 g/mol. The van der Waals surface area contributed by atoms with Gasteiger partial charge in [0.1, 0.15) is 17.1 Å². The molecule has 0 saturated carbocycles. The van der Waals surface area contributed by atoms with Crippen molar-refractivity contribution in [1.82, 2.24) is 4.98 Å². The molecule has 6 nitrogen and oxygen atoms in total. The first-order valence-electron chi connectivity index (χ1n) is 7.19. The van der Waals surface area contributed by atoms with Crippen LogP contribution in [0.15, 0.2) is 30.3 Å². The number of hydrogen-bond acceptors (Lipinski definition) is 5. The van der Waals surface area contributed by atoms with Crippen LogP contribution in [-0.2, 0) is 0 Å². The lowest BCUT2D eigenvalue weighted by Gasteiger charge is -2.21. The van der Waals surface area contributed by atoms with Gasteiger partial charge in [-0.25, -0.2) is 9.78 Å². The van der Waals surface area contributed by atoms with E-state index in [-0.39, 0.29) is 12.2 Å². The van der Waals surface area contributed by atoms with Crippen molar-refractivity contribution in [1.29, 1.82) is 0 Å². The van der Waals surface area contributed by atoms with E-state index in [0.717, 1.165) is 5.56 Å². The van der Waals surface area contributed by atoms with E-state index in [4.69, 9.17) is 9.84 Å². The van der Waals surface area contributed by atoms with E-state index < -0.39 is 5.97 Å². The first-order valence-corrected chi connectivity index (χ1v) is 7.19. The van der Waals surface area contributed by atoms with Crippen molar-refractivity contribution >= 4 is 11.8 Å². The Morgan fingerprint density at radius 2 is 2.09 bits per heavy atom. The number of likely N-dealkylation sites (N-methyl/N-ethyl adjacent to an activating group) is 1. The minimum atomic E-state index is -1.06. The molecule has 2 aromatic rings. The predicted octanol–water partition coefficient (Wildman–Crippen LogP) is 2.19. The van der Waals surface area contributed by atoms with Crippen LogP contribution >= 0.6 is 0 Å². The number of aryl methyl sites for hydroxylation is 1. The molecular weight excluding hydrogens is 296 g/mol. The number of ether oxygens (including phenoxy) is 1. The van der Waals surface area contributed by atoms with Crippen molar-refractivity contribution < 1.29 is 19.7 Å². The predicted molar refractivity (Wildman–Crippen MR) is 88.3 cm³/mol. The van der Waals surface area contributed by atoms with Crippen molar-refractivity contribution in [3.8, 4) is 16.9 Å². The second kappa shape index (κ2) is 7.11. The van der Waals surface area contributed by atoms with Crippen molar-refractivity contribution in [2.75, 3.05) is 32.2 Å². The van der Waals surface area contributed by atoms with Gasteiger partial charge in [0.25, 0.3) is 0 Å². The highest BCUT2D eigenvalue weighted by molar-refractivity contribution is 6.01. The highest BCUT2D eigenvalue weighted by Crippen LogP contribution is 2.32. The first kappa shape index (κ1) is 16.8. The fourth-order valence-corrected chi connectivity index (χ4v) is 2.42. The van der Waals surface area contributed by atoms with Crippen LogP contribution in [0, 0.1) is 6.92 Å². The van der Waals surface area contributed by atoms with Crippen LogP contribution in [0.1, 0.15) is 16.1 Å². The van der Waals surface area contributed by atoms with Gasteiger partial charge in [0.2, 0.25) is 0 Å². The lowest BCUT2D eigenvalue weighted by molar-refractivity contribution is 0.0698. The Morgan fingerprint density at radius 3 is 2.70 bits per heavy atom. The molecule has 2 N–H and O–H groups in total. The molecular formula is C17H20N2O4. The summed E-state index contributed by atoms with van der Waals surface area (Å²) in [4.78, 5) is 17.8. The molecule has 0 unspecified atom stereocenters. The zero-order valence-corrected chi connectivity index (χ0v) is 13.4. The van der Waals surface area contributed by atoms with Gasteiger partial charge in [-0.15, -0.1) is 0 Å². The van der Waals surface area contributed by atoms with Gasteiger partial charge >= 0.3 is 5.97 Å². The largest absolute Gasteiger partial charge is 0.497 e. The molecule has 0 spiro atoms. The van der Waals surface area contributed by atoms with E-state index >= 15 is 0 Å². The summed E-state index contributed by atoms with van der Waals surface area (Å²) in [5.74, 6) is -0.0713. The molecule has 23 heavy (non-hydrogen) atoms. The summed E-state index contributed by atoms with van der Waals surface area (Å²) in [6.45, 7) is 2.03. The van der Waals surface area contributed by atoms with Gasteiger partial charge in [-0.05, 0) is 30.7 Å². The SMILES string of the molecule is COc1cccc(-c2cc(C)nc(N(C)CCO)c2C(=O)O)c1. The molecule has 0 fully saturated rings. The van der Waals surface area contributed by atoms with Gasteiger partial charge in [0.15, 0.2) is 0 Å². The van der Waals surface area contributed by atoms with E-state index in [0.29, 0.717) is 29.4 Å². The molecule has 1 aromatic heterocycles. The van der Waals surface area contributed by atoms with Crippen LogP contribution in [0.3, 0.4) is 0 Å². The molecule has 6 heteroatoms. The second-order valence-electron chi connectivity index (χ2n) is 5.19. The smallest absolute Gasteiger partial charge is 0.340 e. The Hall–Kier alpha value is -2.60. The highest BCUT2D eigenvalue weighted by Gasteiger charge is 2.21. The minimum Gasteiger partial charge on any atom is -0.497 e. The zero-order valence-electron chi connectivity index (χ0n) is 13.4. The fraction of sp³-hybridized carbons (Fsp3) is 0.294. The van der Waals surface area contributed by atoms with Crippen LogP contribution in [0.25, 0.3) is 11.1 Å². The van der Waals surface area contributed by atoms with Gasteiger partial charge in [-0.1, -0.05) is 12.1 Å². The summed E-state index contributed by atoms with van der Waals surface area (Å²) < 4.78 is 5.22. The number of methoxy groups -OCH3 is 1. The van der Waals surface area contributed by atoms with Crippen LogP contribution in [0.4, 0.5) is 5.82 Å². The number of aromatic nitrogens is 1. The number of aliphatic hydroxyl groups excluding tert-OH is 1. The average Bonchev–Trinajstić information content (AvgIpc) is 2.54. The summed E-state index contributed by atoms with van der Waals surface area (Å²) in [5.41, 5.74) is 2.13. The van der Waals surface area contributed by atoms with Crippen molar-refractivity contribution in [3.05, 3.63) is 41.6 Å². The highest BCUT2D eigenvalue weighted by atomic mass is 16.5. The number of carbonyl (C=O) groups is 1. The Bertz CT molecular complexity index is 716. The van der Waals surface area contributed by atoms with Gasteiger partial charge in [0.05, 0.1) is 13.7 Å². The second-order valence-corrected chi connectivity index (χ2v) is 5.19. The molecule has 0 atom stereocenters. The molecule has 0 aliphatic carbocycles. The number of aliphatic hydroxyl groups is 1. The third kappa shape index (κ3) is 3.60. The Morgan fingerprint density at radius 1 is 1.35 bits per heavy atom. The summed E-state index contributed by atoms with van der Waals surface area (Å²) in [6, 6.07) is 8.98. The number of carboxylic acid groups (broad SMARTS) is 1. The molecule has 0 aliphatic rings. The van der Waals surface area contributed by atoms with E-state index in [9.17, 15) is 9.90 Å². The lowest BCUT2D eigenvalue weighted by Crippen LogP contribution is -2.25.